The highest BCUT2D eigenvalue weighted by Gasteiger charge is 2.36. The quantitative estimate of drug-likeness (QED) is 0.408. The molecule has 3 aromatic rings. The molecule has 0 saturated carbocycles. The summed E-state index contributed by atoms with van der Waals surface area (Å²) in [5.74, 6) is 1.35. The first kappa shape index (κ1) is 26.6. The highest BCUT2D eigenvalue weighted by Crippen LogP contribution is 2.31. The summed E-state index contributed by atoms with van der Waals surface area (Å²) in [4.78, 5) is 15.5. The summed E-state index contributed by atoms with van der Waals surface area (Å²) in [6.45, 7) is 4.45. The van der Waals surface area contributed by atoms with Gasteiger partial charge in [0.2, 0.25) is 5.91 Å². The van der Waals surface area contributed by atoms with Crippen molar-refractivity contribution < 1.29 is 18.7 Å². The lowest BCUT2D eigenvalue weighted by atomic mass is 10.1. The average Bonchev–Trinajstić information content (AvgIpc) is 3.31. The number of ether oxygens (including phenoxy) is 2. The lowest BCUT2D eigenvalue weighted by Crippen LogP contribution is -2.43. The van der Waals surface area contributed by atoms with Gasteiger partial charge in [-0.3, -0.25) is 9.69 Å². The van der Waals surface area contributed by atoms with Gasteiger partial charge in [0.15, 0.2) is 0 Å². The molecule has 0 unspecified atom stereocenters. The minimum absolute atomic E-state index is 0.0190. The molecule has 0 aromatic heterocycles. The molecular weight excluding hydrogens is 469 g/mol. The SMILES string of the molecule is COc1ccc(CN[C@H]2C[C@@H](C(=O)NCCc3ccccc3F)N(Cc3ccccc3)C2)c(OC)c1C. The first-order valence-electron chi connectivity index (χ1n) is 12.7. The van der Waals surface area contributed by atoms with E-state index in [2.05, 4.69) is 27.7 Å². The molecule has 37 heavy (non-hydrogen) atoms. The van der Waals surface area contributed by atoms with E-state index < -0.39 is 0 Å². The van der Waals surface area contributed by atoms with Gasteiger partial charge in [-0.25, -0.2) is 4.39 Å². The van der Waals surface area contributed by atoms with Crippen LogP contribution in [0.3, 0.4) is 0 Å². The second-order valence-electron chi connectivity index (χ2n) is 9.46. The molecule has 7 heteroatoms. The molecule has 0 bridgehead atoms. The Hall–Kier alpha value is -3.42. The smallest absolute Gasteiger partial charge is 0.237 e. The van der Waals surface area contributed by atoms with E-state index in [1.54, 1.807) is 26.4 Å². The normalized spacial score (nSPS) is 17.5. The maximum atomic E-state index is 14.0. The molecule has 196 valence electrons. The predicted molar refractivity (Wildman–Crippen MR) is 143 cm³/mol. The van der Waals surface area contributed by atoms with Crippen molar-refractivity contribution in [2.75, 3.05) is 27.3 Å². The Kier molecular flexibility index (Phi) is 9.14. The fraction of sp³-hybridized carbons (Fsp3) is 0.367. The minimum Gasteiger partial charge on any atom is -0.496 e. The lowest BCUT2D eigenvalue weighted by molar-refractivity contribution is -0.125. The van der Waals surface area contributed by atoms with Crippen LogP contribution in [0.2, 0.25) is 0 Å². The number of halogens is 1. The van der Waals surface area contributed by atoms with E-state index in [1.807, 2.05) is 43.3 Å². The number of nitrogens with zero attached hydrogens (tertiary/aromatic N) is 1. The Balaban J connectivity index is 1.41. The van der Waals surface area contributed by atoms with Crippen LogP contribution in [0.1, 0.15) is 28.7 Å². The Bertz CT molecular complexity index is 1190. The van der Waals surface area contributed by atoms with Gasteiger partial charge in [-0.05, 0) is 43.0 Å². The standard InChI is InChI=1S/C30H36FN3O3/c1-21-28(36-2)14-13-24(29(21)37-3)18-33-25-17-27(34(20-25)19-22-9-5-4-6-10-22)30(35)32-16-15-23-11-7-8-12-26(23)31/h4-14,25,27,33H,15-20H2,1-3H3,(H,32,35)/t25-,27-/m0/s1. The first-order chi connectivity index (χ1) is 18.0. The average molecular weight is 506 g/mol. The van der Waals surface area contributed by atoms with Crippen LogP contribution in [-0.4, -0.2) is 50.2 Å². The topological polar surface area (TPSA) is 62.8 Å². The third kappa shape index (κ3) is 6.67. The van der Waals surface area contributed by atoms with Crippen molar-refractivity contribution in [1.82, 2.24) is 15.5 Å². The zero-order chi connectivity index (χ0) is 26.2. The van der Waals surface area contributed by atoms with Crippen LogP contribution in [0.15, 0.2) is 66.7 Å². The number of amides is 1. The van der Waals surface area contributed by atoms with Gasteiger partial charge in [-0.1, -0.05) is 54.6 Å². The third-order valence-corrected chi connectivity index (χ3v) is 7.03. The van der Waals surface area contributed by atoms with Crippen molar-refractivity contribution in [2.45, 2.75) is 44.9 Å². The molecular formula is C30H36FN3O3. The number of hydrogen-bond acceptors (Lipinski definition) is 5. The highest BCUT2D eigenvalue weighted by molar-refractivity contribution is 5.82. The van der Waals surface area contributed by atoms with Gasteiger partial charge in [0.25, 0.3) is 0 Å². The molecule has 1 amide bonds. The molecule has 1 aliphatic rings. The van der Waals surface area contributed by atoms with Crippen LogP contribution in [-0.2, 0) is 24.3 Å². The van der Waals surface area contributed by atoms with Gasteiger partial charge in [0, 0.05) is 43.3 Å². The van der Waals surface area contributed by atoms with Gasteiger partial charge < -0.3 is 20.1 Å². The molecule has 1 fully saturated rings. The number of benzene rings is 3. The Morgan fingerprint density at radius 3 is 2.49 bits per heavy atom. The van der Waals surface area contributed by atoms with Crippen molar-refractivity contribution in [3.05, 3.63) is 94.8 Å². The van der Waals surface area contributed by atoms with Gasteiger partial charge in [-0.15, -0.1) is 0 Å². The van der Waals surface area contributed by atoms with Crippen LogP contribution in [0.5, 0.6) is 11.5 Å². The van der Waals surface area contributed by atoms with Crippen LogP contribution >= 0.6 is 0 Å². The third-order valence-electron chi connectivity index (χ3n) is 7.03. The summed E-state index contributed by atoms with van der Waals surface area (Å²) in [7, 11) is 3.32. The minimum atomic E-state index is -0.266. The van der Waals surface area contributed by atoms with E-state index in [1.165, 1.54) is 11.6 Å². The molecule has 0 radical (unpaired) electrons. The monoisotopic (exact) mass is 505 g/mol. The zero-order valence-corrected chi connectivity index (χ0v) is 21.8. The molecule has 0 aliphatic carbocycles. The highest BCUT2D eigenvalue weighted by atomic mass is 19.1. The van der Waals surface area contributed by atoms with E-state index in [0.29, 0.717) is 38.0 Å². The van der Waals surface area contributed by atoms with Crippen molar-refractivity contribution in [1.29, 1.82) is 0 Å². The summed E-state index contributed by atoms with van der Waals surface area (Å²) in [6.07, 6.45) is 1.15. The largest absolute Gasteiger partial charge is 0.496 e. The number of likely N-dealkylation sites (tertiary alicyclic amines) is 1. The van der Waals surface area contributed by atoms with Gasteiger partial charge >= 0.3 is 0 Å². The first-order valence-corrected chi connectivity index (χ1v) is 12.7. The van der Waals surface area contributed by atoms with Crippen LogP contribution < -0.4 is 20.1 Å². The molecule has 2 N–H and O–H groups in total. The van der Waals surface area contributed by atoms with Crippen LogP contribution in [0.25, 0.3) is 0 Å². The van der Waals surface area contributed by atoms with E-state index in [0.717, 1.165) is 29.2 Å². The maximum Gasteiger partial charge on any atom is 0.237 e. The molecule has 2 atom stereocenters. The van der Waals surface area contributed by atoms with Gasteiger partial charge in [-0.2, -0.15) is 0 Å². The van der Waals surface area contributed by atoms with Crippen LogP contribution in [0.4, 0.5) is 4.39 Å². The summed E-state index contributed by atoms with van der Waals surface area (Å²) in [5.41, 5.74) is 3.79. The zero-order valence-electron chi connectivity index (χ0n) is 21.8. The van der Waals surface area contributed by atoms with Crippen molar-refractivity contribution in [2.24, 2.45) is 0 Å². The molecule has 1 heterocycles. The van der Waals surface area contributed by atoms with E-state index in [4.69, 9.17) is 9.47 Å². The molecule has 1 saturated heterocycles. The predicted octanol–water partition coefficient (Wildman–Crippen LogP) is 4.24. The fourth-order valence-corrected chi connectivity index (χ4v) is 5.08. The summed E-state index contributed by atoms with van der Waals surface area (Å²) >= 11 is 0. The van der Waals surface area contributed by atoms with Gasteiger partial charge in [0.1, 0.15) is 17.3 Å². The van der Waals surface area contributed by atoms with E-state index >= 15 is 0 Å². The fourth-order valence-electron chi connectivity index (χ4n) is 5.08. The summed E-state index contributed by atoms with van der Waals surface area (Å²) in [5, 5.41) is 6.68. The maximum absolute atomic E-state index is 14.0. The number of carbonyl (C=O) groups excluding carboxylic acids is 1. The van der Waals surface area contributed by atoms with Crippen molar-refractivity contribution in [3.63, 3.8) is 0 Å². The molecule has 3 aromatic carbocycles. The number of carbonyl (C=O) groups is 1. The second kappa shape index (κ2) is 12.7. The molecule has 4 rings (SSSR count). The number of hydrogen-bond donors (Lipinski definition) is 2. The molecule has 0 spiro atoms. The van der Waals surface area contributed by atoms with Crippen molar-refractivity contribution in [3.8, 4) is 11.5 Å². The number of rotatable bonds is 11. The van der Waals surface area contributed by atoms with Crippen molar-refractivity contribution >= 4 is 5.91 Å². The molecule has 1 aliphatic heterocycles. The summed E-state index contributed by atoms with van der Waals surface area (Å²) in [6, 6.07) is 20.7. The molecule has 6 nitrogen and oxygen atoms in total. The lowest BCUT2D eigenvalue weighted by Gasteiger charge is -2.23. The number of nitrogens with one attached hydrogen (secondary N) is 2. The second-order valence-corrected chi connectivity index (χ2v) is 9.46. The van der Waals surface area contributed by atoms with E-state index in [-0.39, 0.29) is 23.8 Å². The Labute approximate surface area is 218 Å². The van der Waals surface area contributed by atoms with Crippen LogP contribution in [0, 0.1) is 12.7 Å². The summed E-state index contributed by atoms with van der Waals surface area (Å²) < 4.78 is 25.1. The van der Waals surface area contributed by atoms with E-state index in [9.17, 15) is 9.18 Å². The Morgan fingerprint density at radius 2 is 1.76 bits per heavy atom. The number of methoxy groups -OCH3 is 2. The van der Waals surface area contributed by atoms with Gasteiger partial charge in [0.05, 0.1) is 20.3 Å². The Morgan fingerprint density at radius 1 is 1.00 bits per heavy atom.